The number of nitrogens with two attached hydrogens (primary N) is 1. The Morgan fingerprint density at radius 2 is 2.05 bits per heavy atom. The quantitative estimate of drug-likeness (QED) is 0.836. The maximum Gasteiger partial charge on any atom is 0.282 e. The van der Waals surface area contributed by atoms with E-state index in [1.807, 2.05) is 0 Å². The number of nitrogens with one attached hydrogen (secondary N) is 1. The number of aromatic nitrogens is 1. The van der Waals surface area contributed by atoms with Crippen molar-refractivity contribution >= 4 is 37.3 Å². The first-order valence-corrected chi connectivity index (χ1v) is 7.36. The first-order valence-electron chi connectivity index (χ1n) is 5.08. The predicted molar refractivity (Wildman–Crippen MR) is 73.6 cm³/mol. The Morgan fingerprint density at radius 1 is 1.32 bits per heavy atom. The number of pyridine rings is 1. The van der Waals surface area contributed by atoms with Crippen LogP contribution in [0.1, 0.15) is 0 Å². The zero-order valence-electron chi connectivity index (χ0n) is 9.47. The van der Waals surface area contributed by atoms with Crippen molar-refractivity contribution < 1.29 is 12.8 Å². The SMILES string of the molecule is Nc1ccc(Br)c(NS(=O)(=O)c2ncccc2F)c1. The van der Waals surface area contributed by atoms with Gasteiger partial charge in [-0.3, -0.25) is 4.72 Å². The van der Waals surface area contributed by atoms with Crippen molar-refractivity contribution in [3.8, 4) is 0 Å². The molecule has 1 aromatic carbocycles. The highest BCUT2D eigenvalue weighted by molar-refractivity contribution is 9.10. The fourth-order valence-electron chi connectivity index (χ4n) is 1.38. The molecule has 0 unspecified atom stereocenters. The Balaban J connectivity index is 2.43. The van der Waals surface area contributed by atoms with E-state index in [1.54, 1.807) is 12.1 Å². The van der Waals surface area contributed by atoms with Crippen molar-refractivity contribution in [2.75, 3.05) is 10.5 Å². The van der Waals surface area contributed by atoms with E-state index in [0.717, 1.165) is 6.07 Å². The normalized spacial score (nSPS) is 11.3. The number of anilines is 2. The third-order valence-corrected chi connectivity index (χ3v) is 4.20. The van der Waals surface area contributed by atoms with Crippen molar-refractivity contribution in [2.45, 2.75) is 5.03 Å². The third-order valence-electron chi connectivity index (χ3n) is 2.21. The lowest BCUT2D eigenvalue weighted by atomic mass is 10.3. The molecule has 0 amide bonds. The maximum absolute atomic E-state index is 13.4. The van der Waals surface area contributed by atoms with Gasteiger partial charge in [-0.05, 0) is 46.3 Å². The van der Waals surface area contributed by atoms with Crippen molar-refractivity contribution in [2.24, 2.45) is 0 Å². The number of nitrogen functional groups attached to an aromatic ring is 1. The molecule has 2 aromatic rings. The van der Waals surface area contributed by atoms with Crippen molar-refractivity contribution in [3.63, 3.8) is 0 Å². The molecule has 0 radical (unpaired) electrons. The summed E-state index contributed by atoms with van der Waals surface area (Å²) in [4.78, 5) is 3.53. The number of sulfonamides is 1. The molecule has 100 valence electrons. The van der Waals surface area contributed by atoms with Gasteiger partial charge in [-0.15, -0.1) is 0 Å². The molecule has 1 heterocycles. The van der Waals surface area contributed by atoms with Gasteiger partial charge in [0.1, 0.15) is 0 Å². The highest BCUT2D eigenvalue weighted by atomic mass is 79.9. The van der Waals surface area contributed by atoms with E-state index in [1.165, 1.54) is 18.3 Å². The van der Waals surface area contributed by atoms with E-state index in [-0.39, 0.29) is 5.69 Å². The molecule has 2 rings (SSSR count). The van der Waals surface area contributed by atoms with Gasteiger partial charge in [0.15, 0.2) is 5.82 Å². The number of nitrogens with zero attached hydrogens (tertiary/aromatic N) is 1. The van der Waals surface area contributed by atoms with E-state index in [9.17, 15) is 12.8 Å². The molecule has 0 bridgehead atoms. The van der Waals surface area contributed by atoms with Gasteiger partial charge in [0.2, 0.25) is 5.03 Å². The minimum absolute atomic E-state index is 0.213. The molecule has 0 aliphatic carbocycles. The molecule has 0 spiro atoms. The summed E-state index contributed by atoms with van der Waals surface area (Å²) in [6.45, 7) is 0. The van der Waals surface area contributed by atoms with E-state index in [4.69, 9.17) is 5.73 Å². The van der Waals surface area contributed by atoms with Gasteiger partial charge in [-0.2, -0.15) is 8.42 Å². The van der Waals surface area contributed by atoms with Crippen molar-refractivity contribution in [1.82, 2.24) is 4.98 Å². The molecule has 0 saturated heterocycles. The molecule has 19 heavy (non-hydrogen) atoms. The van der Waals surface area contributed by atoms with Crippen LogP contribution in [0, 0.1) is 5.82 Å². The predicted octanol–water partition coefficient (Wildman–Crippen LogP) is 2.37. The first-order chi connectivity index (χ1) is 8.90. The topological polar surface area (TPSA) is 85.1 Å². The van der Waals surface area contributed by atoms with Gasteiger partial charge >= 0.3 is 0 Å². The zero-order valence-corrected chi connectivity index (χ0v) is 11.9. The van der Waals surface area contributed by atoms with Gasteiger partial charge in [-0.1, -0.05) is 0 Å². The summed E-state index contributed by atoms with van der Waals surface area (Å²) in [7, 11) is -4.10. The molecule has 0 aliphatic heterocycles. The Morgan fingerprint density at radius 3 is 2.74 bits per heavy atom. The molecule has 1 aromatic heterocycles. The number of benzene rings is 1. The summed E-state index contributed by atoms with van der Waals surface area (Å²) in [5.74, 6) is -0.921. The minimum Gasteiger partial charge on any atom is -0.399 e. The van der Waals surface area contributed by atoms with Crippen LogP contribution >= 0.6 is 15.9 Å². The Labute approximate surface area is 117 Å². The van der Waals surface area contributed by atoms with Gasteiger partial charge < -0.3 is 5.73 Å². The van der Waals surface area contributed by atoms with Gasteiger partial charge in [0.25, 0.3) is 10.0 Å². The van der Waals surface area contributed by atoms with Crippen LogP contribution in [0.4, 0.5) is 15.8 Å². The molecular formula is C11H9BrFN3O2S. The highest BCUT2D eigenvalue weighted by Gasteiger charge is 2.21. The van der Waals surface area contributed by atoms with Gasteiger partial charge in [-0.25, -0.2) is 9.37 Å². The monoisotopic (exact) mass is 345 g/mol. The average Bonchev–Trinajstić information content (AvgIpc) is 2.34. The van der Waals surface area contributed by atoms with Crippen LogP contribution < -0.4 is 10.5 Å². The van der Waals surface area contributed by atoms with Crippen LogP contribution in [0.5, 0.6) is 0 Å². The van der Waals surface area contributed by atoms with E-state index >= 15 is 0 Å². The van der Waals surface area contributed by atoms with Crippen LogP contribution in [0.15, 0.2) is 46.0 Å². The molecule has 8 heteroatoms. The standard InChI is InChI=1S/C11H9BrFN3O2S/c12-8-4-3-7(14)6-10(8)16-19(17,18)11-9(13)2-1-5-15-11/h1-6,16H,14H2. The summed E-state index contributed by atoms with van der Waals surface area (Å²) in [5, 5.41) is -0.663. The lowest BCUT2D eigenvalue weighted by Gasteiger charge is -2.10. The van der Waals surface area contributed by atoms with Gasteiger partial charge in [0.05, 0.1) is 5.69 Å². The fourth-order valence-corrected chi connectivity index (χ4v) is 2.94. The molecular weight excluding hydrogens is 337 g/mol. The second-order valence-electron chi connectivity index (χ2n) is 3.64. The zero-order chi connectivity index (χ0) is 14.0. The lowest BCUT2D eigenvalue weighted by molar-refractivity contribution is 0.557. The second-order valence-corrected chi connectivity index (χ2v) is 6.09. The molecule has 5 nitrogen and oxygen atoms in total. The van der Waals surface area contributed by atoms with Crippen molar-refractivity contribution in [3.05, 3.63) is 46.8 Å². The summed E-state index contributed by atoms with van der Waals surface area (Å²) in [6.07, 6.45) is 1.20. The number of halogens is 2. The number of rotatable bonds is 3. The van der Waals surface area contributed by atoms with Gasteiger partial charge in [0, 0.05) is 16.4 Å². The number of hydrogen-bond donors (Lipinski definition) is 2. The first kappa shape index (κ1) is 13.8. The summed E-state index contributed by atoms with van der Waals surface area (Å²) >= 11 is 3.18. The summed E-state index contributed by atoms with van der Waals surface area (Å²) < 4.78 is 40.2. The smallest absolute Gasteiger partial charge is 0.282 e. The Hall–Kier alpha value is -1.67. The maximum atomic E-state index is 13.4. The molecule has 0 atom stereocenters. The molecule has 0 fully saturated rings. The third kappa shape index (κ3) is 3.02. The average molecular weight is 346 g/mol. The summed E-state index contributed by atoms with van der Waals surface area (Å²) in [6, 6.07) is 6.94. The van der Waals surface area contributed by atoms with E-state index in [0.29, 0.717) is 10.2 Å². The van der Waals surface area contributed by atoms with E-state index in [2.05, 4.69) is 25.6 Å². The number of hydrogen-bond acceptors (Lipinski definition) is 4. The molecule has 0 saturated carbocycles. The second kappa shape index (κ2) is 5.14. The highest BCUT2D eigenvalue weighted by Crippen LogP contribution is 2.27. The van der Waals surface area contributed by atoms with Crippen LogP contribution in [-0.2, 0) is 10.0 Å². The molecule has 3 N–H and O–H groups in total. The fraction of sp³-hybridized carbons (Fsp3) is 0. The lowest BCUT2D eigenvalue weighted by Crippen LogP contribution is -2.16. The van der Waals surface area contributed by atoms with Crippen LogP contribution in [-0.4, -0.2) is 13.4 Å². The van der Waals surface area contributed by atoms with Crippen molar-refractivity contribution in [1.29, 1.82) is 0 Å². The largest absolute Gasteiger partial charge is 0.399 e. The van der Waals surface area contributed by atoms with Crippen LogP contribution in [0.3, 0.4) is 0 Å². The minimum atomic E-state index is -4.10. The Bertz CT molecular complexity index is 722. The summed E-state index contributed by atoms with van der Waals surface area (Å²) in [5.41, 5.74) is 6.16. The Kier molecular flexibility index (Phi) is 3.72. The van der Waals surface area contributed by atoms with E-state index < -0.39 is 20.9 Å². The molecule has 0 aliphatic rings. The van der Waals surface area contributed by atoms with Crippen LogP contribution in [0.2, 0.25) is 0 Å². The van der Waals surface area contributed by atoms with Crippen LogP contribution in [0.25, 0.3) is 0 Å².